The van der Waals surface area contributed by atoms with Crippen molar-refractivity contribution < 1.29 is 29.1 Å². The highest BCUT2D eigenvalue weighted by Gasteiger charge is 2.35. The second-order valence-electron chi connectivity index (χ2n) is 9.34. The minimum absolute atomic E-state index is 0.130. The van der Waals surface area contributed by atoms with Crippen molar-refractivity contribution in [1.29, 1.82) is 0 Å². The Balaban J connectivity index is 1.59. The van der Waals surface area contributed by atoms with Gasteiger partial charge >= 0.3 is 5.97 Å². The normalized spacial score (nSPS) is 15.2. The minimum atomic E-state index is -1.68. The average molecular weight is 513 g/mol. The Hall–Kier alpha value is -3.63. The van der Waals surface area contributed by atoms with Crippen molar-refractivity contribution in [3.8, 4) is 5.75 Å². The van der Waals surface area contributed by atoms with Crippen LogP contribution in [0, 0.1) is 5.92 Å². The van der Waals surface area contributed by atoms with Gasteiger partial charge in [-0.2, -0.15) is 5.48 Å². The first-order valence-electron chi connectivity index (χ1n) is 12.4. The molecule has 2 amide bonds. The number of benzene rings is 2. The quantitative estimate of drug-likeness (QED) is 0.292. The van der Waals surface area contributed by atoms with Crippen LogP contribution in [0.15, 0.2) is 54.6 Å². The second kappa shape index (κ2) is 13.6. The number of nitrogens with one attached hydrogen (secondary N) is 2. The molecule has 3 rings (SSSR count). The molecule has 1 aliphatic rings. The van der Waals surface area contributed by atoms with Crippen LogP contribution in [-0.2, 0) is 25.8 Å². The number of hydrogen-bond acceptors (Lipinski definition) is 7. The standard InChI is InChI=1S/C27H36N4O6/c1-19(2)17-21(29-37-18-20-9-5-4-6-10-20)25(32)28-24(27(34)35)26(33)31-15-13-30(14-16-31)22-11-7-8-12-23(22)36-3/h4-12,19,21,24,29H,13-18H2,1-3H3,(H,28,32)(H,34,35). The molecule has 2 atom stereocenters. The molecular weight excluding hydrogens is 476 g/mol. The number of ether oxygens (including phenoxy) is 1. The second-order valence-corrected chi connectivity index (χ2v) is 9.34. The number of carboxylic acid groups (broad SMARTS) is 1. The summed E-state index contributed by atoms with van der Waals surface area (Å²) in [6.07, 6.45) is 0.402. The summed E-state index contributed by atoms with van der Waals surface area (Å²) in [5, 5.41) is 12.2. The third kappa shape index (κ3) is 7.93. The molecule has 3 N–H and O–H groups in total. The van der Waals surface area contributed by atoms with Gasteiger partial charge in [0.15, 0.2) is 0 Å². The van der Waals surface area contributed by atoms with Crippen molar-refractivity contribution in [2.75, 3.05) is 38.2 Å². The van der Waals surface area contributed by atoms with E-state index in [0.29, 0.717) is 32.6 Å². The molecule has 2 aromatic carbocycles. The smallest absolute Gasteiger partial charge is 0.336 e. The SMILES string of the molecule is COc1ccccc1N1CCN(C(=O)C(NC(=O)C(CC(C)C)NOCc2ccccc2)C(=O)O)CC1. The van der Waals surface area contributed by atoms with Crippen molar-refractivity contribution in [1.82, 2.24) is 15.7 Å². The van der Waals surface area contributed by atoms with Crippen molar-refractivity contribution in [2.45, 2.75) is 39.0 Å². The lowest BCUT2D eigenvalue weighted by Gasteiger charge is -2.37. The van der Waals surface area contributed by atoms with Gasteiger partial charge in [-0.1, -0.05) is 56.3 Å². The zero-order chi connectivity index (χ0) is 26.8. The van der Waals surface area contributed by atoms with E-state index in [9.17, 15) is 19.5 Å². The molecule has 200 valence electrons. The number of para-hydroxylation sites is 2. The number of anilines is 1. The topological polar surface area (TPSA) is 120 Å². The molecule has 1 aliphatic heterocycles. The molecule has 0 saturated carbocycles. The number of amides is 2. The summed E-state index contributed by atoms with van der Waals surface area (Å²) in [6, 6.07) is 14.6. The third-order valence-corrected chi connectivity index (χ3v) is 6.13. The number of piperazine rings is 1. The lowest BCUT2D eigenvalue weighted by Crippen LogP contribution is -2.59. The predicted octanol–water partition coefficient (Wildman–Crippen LogP) is 2.05. The summed E-state index contributed by atoms with van der Waals surface area (Å²) >= 11 is 0. The van der Waals surface area contributed by atoms with Gasteiger partial charge in [0, 0.05) is 26.2 Å². The van der Waals surface area contributed by atoms with E-state index in [4.69, 9.17) is 9.57 Å². The first-order chi connectivity index (χ1) is 17.8. The first-order valence-corrected chi connectivity index (χ1v) is 12.4. The number of methoxy groups -OCH3 is 1. The van der Waals surface area contributed by atoms with Gasteiger partial charge in [-0.3, -0.25) is 14.4 Å². The van der Waals surface area contributed by atoms with Gasteiger partial charge in [0.25, 0.3) is 5.91 Å². The summed E-state index contributed by atoms with van der Waals surface area (Å²) in [7, 11) is 1.60. The number of rotatable bonds is 12. The van der Waals surface area contributed by atoms with Crippen LogP contribution in [-0.4, -0.2) is 73.2 Å². The number of carbonyl (C=O) groups is 3. The van der Waals surface area contributed by atoms with Crippen LogP contribution in [0.5, 0.6) is 5.75 Å². The van der Waals surface area contributed by atoms with E-state index in [2.05, 4.69) is 15.7 Å². The van der Waals surface area contributed by atoms with Gasteiger partial charge < -0.3 is 25.0 Å². The highest BCUT2D eigenvalue weighted by molar-refractivity contribution is 6.04. The molecule has 2 aromatic rings. The Labute approximate surface area is 217 Å². The van der Waals surface area contributed by atoms with Crippen molar-refractivity contribution in [2.24, 2.45) is 5.92 Å². The number of hydrogen-bond donors (Lipinski definition) is 3. The molecule has 0 spiro atoms. The largest absolute Gasteiger partial charge is 0.495 e. The Morgan fingerprint density at radius 2 is 1.62 bits per heavy atom. The van der Waals surface area contributed by atoms with E-state index in [1.54, 1.807) is 7.11 Å². The van der Waals surface area contributed by atoms with Gasteiger partial charge in [-0.05, 0) is 30.0 Å². The lowest BCUT2D eigenvalue weighted by atomic mass is 10.0. The summed E-state index contributed by atoms with van der Waals surface area (Å²) in [5.74, 6) is -1.79. The summed E-state index contributed by atoms with van der Waals surface area (Å²) in [6.45, 7) is 5.80. The molecule has 1 saturated heterocycles. The summed E-state index contributed by atoms with van der Waals surface area (Å²) < 4.78 is 5.43. The fourth-order valence-electron chi connectivity index (χ4n) is 4.19. The highest BCUT2D eigenvalue weighted by Crippen LogP contribution is 2.28. The molecule has 1 fully saturated rings. The molecular formula is C27H36N4O6. The van der Waals surface area contributed by atoms with E-state index in [1.807, 2.05) is 68.4 Å². The zero-order valence-corrected chi connectivity index (χ0v) is 21.6. The minimum Gasteiger partial charge on any atom is -0.495 e. The molecule has 10 heteroatoms. The Morgan fingerprint density at radius 1 is 0.973 bits per heavy atom. The van der Waals surface area contributed by atoms with Gasteiger partial charge in [-0.15, -0.1) is 0 Å². The van der Waals surface area contributed by atoms with Crippen LogP contribution in [0.25, 0.3) is 0 Å². The number of hydroxylamine groups is 1. The molecule has 0 bridgehead atoms. The fraction of sp³-hybridized carbons (Fsp3) is 0.444. The van der Waals surface area contributed by atoms with Crippen LogP contribution in [0.4, 0.5) is 5.69 Å². The third-order valence-electron chi connectivity index (χ3n) is 6.13. The van der Waals surface area contributed by atoms with Crippen LogP contribution in [0.2, 0.25) is 0 Å². The zero-order valence-electron chi connectivity index (χ0n) is 21.6. The maximum absolute atomic E-state index is 13.1. The Morgan fingerprint density at radius 3 is 2.24 bits per heavy atom. The maximum atomic E-state index is 13.1. The van der Waals surface area contributed by atoms with Crippen LogP contribution < -0.4 is 20.4 Å². The van der Waals surface area contributed by atoms with Crippen molar-refractivity contribution >= 4 is 23.5 Å². The number of aliphatic carboxylic acids is 1. The lowest BCUT2D eigenvalue weighted by molar-refractivity contribution is -0.151. The Kier molecular flexibility index (Phi) is 10.3. The molecule has 1 heterocycles. The number of nitrogens with zero attached hydrogens (tertiary/aromatic N) is 2. The van der Waals surface area contributed by atoms with Crippen LogP contribution >= 0.6 is 0 Å². The molecule has 0 radical (unpaired) electrons. The van der Waals surface area contributed by atoms with E-state index >= 15 is 0 Å². The maximum Gasteiger partial charge on any atom is 0.336 e. The highest BCUT2D eigenvalue weighted by atomic mass is 16.6. The average Bonchev–Trinajstić information content (AvgIpc) is 2.91. The summed E-state index contributed by atoms with van der Waals surface area (Å²) in [5.41, 5.74) is 4.58. The molecule has 10 nitrogen and oxygen atoms in total. The molecule has 37 heavy (non-hydrogen) atoms. The van der Waals surface area contributed by atoms with Crippen LogP contribution in [0.1, 0.15) is 25.8 Å². The predicted molar refractivity (Wildman–Crippen MR) is 139 cm³/mol. The van der Waals surface area contributed by atoms with E-state index in [1.165, 1.54) is 4.90 Å². The fourth-order valence-corrected chi connectivity index (χ4v) is 4.19. The number of carbonyl (C=O) groups excluding carboxylic acids is 2. The monoisotopic (exact) mass is 512 g/mol. The first kappa shape index (κ1) is 27.9. The molecule has 2 unspecified atom stereocenters. The van der Waals surface area contributed by atoms with Gasteiger partial charge in [0.2, 0.25) is 11.9 Å². The van der Waals surface area contributed by atoms with E-state index < -0.39 is 29.9 Å². The van der Waals surface area contributed by atoms with Crippen molar-refractivity contribution in [3.05, 3.63) is 60.2 Å². The van der Waals surface area contributed by atoms with Gasteiger partial charge in [-0.25, -0.2) is 4.79 Å². The molecule has 0 aliphatic carbocycles. The molecule has 0 aromatic heterocycles. The van der Waals surface area contributed by atoms with E-state index in [0.717, 1.165) is 17.0 Å². The van der Waals surface area contributed by atoms with Crippen LogP contribution in [0.3, 0.4) is 0 Å². The Bertz CT molecular complexity index is 1040. The van der Waals surface area contributed by atoms with Gasteiger partial charge in [0.1, 0.15) is 11.8 Å². The van der Waals surface area contributed by atoms with Crippen molar-refractivity contribution in [3.63, 3.8) is 0 Å². The van der Waals surface area contributed by atoms with Gasteiger partial charge in [0.05, 0.1) is 19.4 Å². The van der Waals surface area contributed by atoms with E-state index in [-0.39, 0.29) is 12.5 Å². The number of carboxylic acids is 1. The summed E-state index contributed by atoms with van der Waals surface area (Å²) in [4.78, 5) is 47.2.